The fraction of sp³-hybridized carbons (Fsp3) is 0.294. The minimum absolute atomic E-state index is 0.122. The number of para-hydroxylation sites is 1. The van der Waals surface area contributed by atoms with E-state index in [9.17, 15) is 0 Å². The molecule has 2 N–H and O–H groups in total. The highest BCUT2D eigenvalue weighted by Crippen LogP contribution is 2.27. The van der Waals surface area contributed by atoms with Gasteiger partial charge in [-0.1, -0.05) is 30.3 Å². The lowest BCUT2D eigenvalue weighted by molar-refractivity contribution is 0.298. The Balaban J connectivity index is 2.22. The van der Waals surface area contributed by atoms with Gasteiger partial charge in [-0.3, -0.25) is 0 Å². The molecule has 2 rings (SSSR count). The molecule has 0 saturated heterocycles. The van der Waals surface area contributed by atoms with Crippen molar-refractivity contribution in [1.82, 2.24) is 5.32 Å². The fourth-order valence-corrected chi connectivity index (χ4v) is 2.07. The second kappa shape index (κ2) is 7.08. The Morgan fingerprint density at radius 1 is 1.15 bits per heavy atom. The summed E-state index contributed by atoms with van der Waals surface area (Å²) in [4.78, 5) is 0. The van der Waals surface area contributed by atoms with Crippen molar-refractivity contribution in [3.63, 3.8) is 0 Å². The van der Waals surface area contributed by atoms with Crippen molar-refractivity contribution in [1.29, 1.82) is 0 Å². The van der Waals surface area contributed by atoms with E-state index in [0.29, 0.717) is 6.42 Å². The third-order valence-corrected chi connectivity index (χ3v) is 3.37. The Morgan fingerprint density at radius 2 is 1.95 bits per heavy atom. The number of benzene rings is 2. The van der Waals surface area contributed by atoms with E-state index in [1.807, 2.05) is 49.5 Å². The third-order valence-electron chi connectivity index (χ3n) is 3.37. The van der Waals surface area contributed by atoms with E-state index in [1.54, 1.807) is 0 Å². The van der Waals surface area contributed by atoms with E-state index in [1.165, 1.54) is 5.56 Å². The van der Waals surface area contributed by atoms with Crippen LogP contribution in [-0.4, -0.2) is 18.8 Å². The van der Waals surface area contributed by atoms with Crippen molar-refractivity contribution in [2.45, 2.75) is 19.4 Å². The molecule has 0 bridgehead atoms. The van der Waals surface area contributed by atoms with E-state index in [2.05, 4.69) is 18.3 Å². The quantitative estimate of drug-likeness (QED) is 0.847. The van der Waals surface area contributed by atoms with Gasteiger partial charge in [0.1, 0.15) is 11.5 Å². The van der Waals surface area contributed by atoms with Crippen LogP contribution in [0.25, 0.3) is 0 Å². The predicted molar refractivity (Wildman–Crippen MR) is 81.2 cm³/mol. The maximum atomic E-state index is 9.10. The van der Waals surface area contributed by atoms with Crippen LogP contribution >= 0.6 is 0 Å². The summed E-state index contributed by atoms with van der Waals surface area (Å²) in [5.41, 5.74) is 2.20. The standard InChI is InChI=1S/C17H21NO2/c1-13(18-2)15-7-5-8-16(12-15)20-17-9-4-3-6-14(17)10-11-19/h3-9,12-13,18-19H,10-11H2,1-2H3. The van der Waals surface area contributed by atoms with Crippen molar-refractivity contribution in [2.75, 3.05) is 13.7 Å². The Hall–Kier alpha value is -1.84. The van der Waals surface area contributed by atoms with Gasteiger partial charge in [0.2, 0.25) is 0 Å². The Labute approximate surface area is 120 Å². The smallest absolute Gasteiger partial charge is 0.130 e. The van der Waals surface area contributed by atoms with Crippen molar-refractivity contribution >= 4 is 0 Å². The van der Waals surface area contributed by atoms with Gasteiger partial charge in [-0.15, -0.1) is 0 Å². The molecule has 0 saturated carbocycles. The molecular weight excluding hydrogens is 250 g/mol. The Kier molecular flexibility index (Phi) is 5.16. The second-order valence-electron chi connectivity index (χ2n) is 4.77. The highest BCUT2D eigenvalue weighted by Gasteiger charge is 2.07. The molecule has 3 heteroatoms. The van der Waals surface area contributed by atoms with E-state index in [0.717, 1.165) is 17.1 Å². The molecular formula is C17H21NO2. The van der Waals surface area contributed by atoms with E-state index < -0.39 is 0 Å². The average molecular weight is 271 g/mol. The molecule has 20 heavy (non-hydrogen) atoms. The van der Waals surface area contributed by atoms with Crippen LogP contribution in [-0.2, 0) is 6.42 Å². The molecule has 0 aliphatic heterocycles. The van der Waals surface area contributed by atoms with Gasteiger partial charge in [-0.2, -0.15) is 0 Å². The number of rotatable bonds is 6. The van der Waals surface area contributed by atoms with Crippen LogP contribution in [0.2, 0.25) is 0 Å². The molecule has 3 nitrogen and oxygen atoms in total. The molecule has 0 aliphatic carbocycles. The van der Waals surface area contributed by atoms with Crippen molar-refractivity contribution in [3.05, 3.63) is 59.7 Å². The number of hydrogen-bond donors (Lipinski definition) is 2. The zero-order valence-corrected chi connectivity index (χ0v) is 12.0. The first kappa shape index (κ1) is 14.6. The summed E-state index contributed by atoms with van der Waals surface area (Å²) in [6.07, 6.45) is 0.600. The van der Waals surface area contributed by atoms with Crippen LogP contribution < -0.4 is 10.1 Å². The molecule has 0 spiro atoms. The van der Waals surface area contributed by atoms with Gasteiger partial charge in [-0.05, 0) is 49.7 Å². The number of aliphatic hydroxyl groups is 1. The van der Waals surface area contributed by atoms with Gasteiger partial charge < -0.3 is 15.2 Å². The summed E-state index contributed by atoms with van der Waals surface area (Å²) in [5.74, 6) is 1.62. The number of aliphatic hydroxyl groups excluding tert-OH is 1. The fourth-order valence-electron chi connectivity index (χ4n) is 2.07. The molecule has 0 fully saturated rings. The summed E-state index contributed by atoms with van der Waals surface area (Å²) in [6.45, 7) is 2.23. The van der Waals surface area contributed by atoms with Gasteiger partial charge in [0.05, 0.1) is 0 Å². The molecule has 1 atom stereocenters. The lowest BCUT2D eigenvalue weighted by Crippen LogP contribution is -2.12. The van der Waals surface area contributed by atoms with Crippen LogP contribution in [0.1, 0.15) is 24.1 Å². The third kappa shape index (κ3) is 3.59. The summed E-state index contributed by atoms with van der Waals surface area (Å²) in [5, 5.41) is 12.3. The Morgan fingerprint density at radius 3 is 2.70 bits per heavy atom. The predicted octanol–water partition coefficient (Wildman–Crippen LogP) is 3.29. The zero-order chi connectivity index (χ0) is 14.4. The van der Waals surface area contributed by atoms with Gasteiger partial charge in [0.25, 0.3) is 0 Å². The van der Waals surface area contributed by atoms with Gasteiger partial charge in [0, 0.05) is 12.6 Å². The summed E-state index contributed by atoms with van der Waals surface area (Å²) >= 11 is 0. The summed E-state index contributed by atoms with van der Waals surface area (Å²) in [6, 6.07) is 16.1. The summed E-state index contributed by atoms with van der Waals surface area (Å²) in [7, 11) is 1.94. The van der Waals surface area contributed by atoms with Crippen LogP contribution in [0.3, 0.4) is 0 Å². The SMILES string of the molecule is CNC(C)c1cccc(Oc2ccccc2CCO)c1. The average Bonchev–Trinajstić information content (AvgIpc) is 2.49. The van der Waals surface area contributed by atoms with Crippen LogP contribution in [0, 0.1) is 0 Å². The minimum atomic E-state index is 0.122. The van der Waals surface area contributed by atoms with Gasteiger partial charge in [-0.25, -0.2) is 0 Å². The van der Waals surface area contributed by atoms with Gasteiger partial charge in [0.15, 0.2) is 0 Å². The maximum Gasteiger partial charge on any atom is 0.130 e. The first-order chi connectivity index (χ1) is 9.74. The molecule has 0 aliphatic rings. The van der Waals surface area contributed by atoms with Crippen molar-refractivity contribution < 1.29 is 9.84 Å². The first-order valence-electron chi connectivity index (χ1n) is 6.88. The molecule has 2 aromatic carbocycles. The van der Waals surface area contributed by atoms with Crippen LogP contribution in [0.4, 0.5) is 0 Å². The van der Waals surface area contributed by atoms with Crippen molar-refractivity contribution in [2.24, 2.45) is 0 Å². The zero-order valence-electron chi connectivity index (χ0n) is 12.0. The molecule has 0 heterocycles. The van der Waals surface area contributed by atoms with Crippen molar-refractivity contribution in [3.8, 4) is 11.5 Å². The lowest BCUT2D eigenvalue weighted by atomic mass is 10.1. The lowest BCUT2D eigenvalue weighted by Gasteiger charge is -2.14. The van der Waals surface area contributed by atoms with Crippen LogP contribution in [0.5, 0.6) is 11.5 Å². The second-order valence-corrected chi connectivity index (χ2v) is 4.77. The van der Waals surface area contributed by atoms with Crippen LogP contribution in [0.15, 0.2) is 48.5 Å². The van der Waals surface area contributed by atoms with Gasteiger partial charge >= 0.3 is 0 Å². The number of ether oxygens (including phenoxy) is 1. The normalized spacial score (nSPS) is 12.2. The number of nitrogens with one attached hydrogen (secondary N) is 1. The molecule has 0 amide bonds. The highest BCUT2D eigenvalue weighted by atomic mass is 16.5. The molecule has 0 radical (unpaired) electrons. The minimum Gasteiger partial charge on any atom is -0.457 e. The molecule has 0 aromatic heterocycles. The van der Waals surface area contributed by atoms with E-state index in [4.69, 9.17) is 9.84 Å². The largest absolute Gasteiger partial charge is 0.457 e. The molecule has 1 unspecified atom stereocenters. The highest BCUT2D eigenvalue weighted by molar-refractivity contribution is 5.39. The first-order valence-corrected chi connectivity index (χ1v) is 6.88. The molecule has 2 aromatic rings. The van der Waals surface area contributed by atoms with E-state index >= 15 is 0 Å². The van der Waals surface area contributed by atoms with E-state index in [-0.39, 0.29) is 12.6 Å². The molecule has 106 valence electrons. The topological polar surface area (TPSA) is 41.5 Å². The summed E-state index contributed by atoms with van der Waals surface area (Å²) < 4.78 is 5.96. The Bertz CT molecular complexity index is 554. The number of hydrogen-bond acceptors (Lipinski definition) is 3. The maximum absolute atomic E-state index is 9.10. The monoisotopic (exact) mass is 271 g/mol.